The van der Waals surface area contributed by atoms with Crippen LogP contribution in [0.15, 0.2) is 60.8 Å². The van der Waals surface area contributed by atoms with Gasteiger partial charge in [-0.25, -0.2) is 0 Å². The van der Waals surface area contributed by atoms with Gasteiger partial charge in [-0.2, -0.15) is 0 Å². The zero-order valence-electron chi connectivity index (χ0n) is 43.9. The third kappa shape index (κ3) is 31.2. The van der Waals surface area contributed by atoms with Gasteiger partial charge in [0.25, 0.3) is 0 Å². The highest BCUT2D eigenvalue weighted by atomic mass is 16.7. The van der Waals surface area contributed by atoms with Crippen molar-refractivity contribution in [1.29, 1.82) is 0 Å². The van der Waals surface area contributed by atoms with Gasteiger partial charge in [0.2, 0.25) is 0 Å². The molecule has 0 aromatic rings. The van der Waals surface area contributed by atoms with Gasteiger partial charge < -0.3 is 64.2 Å². The van der Waals surface area contributed by atoms with Crippen molar-refractivity contribution >= 4 is 5.97 Å². The number of aliphatic hydroxyl groups excluding tert-OH is 7. The molecule has 0 amide bonds. The third-order valence-corrected chi connectivity index (χ3v) is 13.0. The van der Waals surface area contributed by atoms with Crippen molar-refractivity contribution in [3.63, 3.8) is 0 Å². The lowest BCUT2D eigenvalue weighted by atomic mass is 9.98. The Bertz CT molecular complexity index is 1400. The number of hydrogen-bond donors (Lipinski definition) is 7. The standard InChI is InChI=1S/C57H100O14/c1-3-5-7-9-11-13-15-17-19-21-22-23-25-27-29-31-33-35-37-39-41-66-43-46(69-49(59)40-38-36-34-32-30-28-26-24-20-18-16-14-12-10-8-6-4-2)44-67-56-55(65)53(63)51(61)48(71-56)45-68-57-54(64)52(62)50(60)47(42-58)70-57/h6,8,12,14,17-20,26,28,46-48,50-58,60-65H,3-5,7,9-11,13,15-16,21-25,27,29-45H2,1-2H3/b8-6-,14-12-,19-17-,20-18-,28-26-. The lowest BCUT2D eigenvalue weighted by Gasteiger charge is -2.42. The molecule has 11 unspecified atom stereocenters. The van der Waals surface area contributed by atoms with Crippen LogP contribution in [0.3, 0.4) is 0 Å². The molecule has 2 fully saturated rings. The molecule has 0 aromatic carbocycles. The van der Waals surface area contributed by atoms with Crippen LogP contribution in [0.1, 0.15) is 194 Å². The first-order chi connectivity index (χ1) is 34.6. The van der Waals surface area contributed by atoms with E-state index >= 15 is 0 Å². The number of unbranched alkanes of at least 4 members (excludes halogenated alkanes) is 20. The largest absolute Gasteiger partial charge is 0.457 e. The van der Waals surface area contributed by atoms with Crippen molar-refractivity contribution in [2.45, 2.75) is 261 Å². The van der Waals surface area contributed by atoms with Gasteiger partial charge in [0, 0.05) is 13.0 Å². The number of aliphatic hydroxyl groups is 7. The second-order valence-corrected chi connectivity index (χ2v) is 19.4. The van der Waals surface area contributed by atoms with Gasteiger partial charge in [0.1, 0.15) is 54.9 Å². The summed E-state index contributed by atoms with van der Waals surface area (Å²) in [6.07, 6.45) is 37.1. The van der Waals surface area contributed by atoms with Crippen LogP contribution in [0.25, 0.3) is 0 Å². The average Bonchev–Trinajstić information content (AvgIpc) is 3.37. The highest BCUT2D eigenvalue weighted by Crippen LogP contribution is 2.26. The first-order valence-corrected chi connectivity index (χ1v) is 27.9. The summed E-state index contributed by atoms with van der Waals surface area (Å²) in [6.45, 7) is 3.54. The molecule has 412 valence electrons. The van der Waals surface area contributed by atoms with Crippen molar-refractivity contribution in [3.05, 3.63) is 60.8 Å². The molecule has 14 heteroatoms. The maximum atomic E-state index is 13.0. The molecule has 2 aliphatic rings. The Morgan fingerprint density at radius 1 is 0.479 bits per heavy atom. The fraction of sp³-hybridized carbons (Fsp3) is 0.807. The van der Waals surface area contributed by atoms with Crippen LogP contribution in [0.2, 0.25) is 0 Å². The van der Waals surface area contributed by atoms with Crippen LogP contribution in [-0.2, 0) is 33.2 Å². The molecule has 2 heterocycles. The highest BCUT2D eigenvalue weighted by molar-refractivity contribution is 5.69. The Kier molecular flexibility index (Phi) is 40.2. The zero-order chi connectivity index (χ0) is 51.6. The molecule has 0 bridgehead atoms. The number of carbonyl (C=O) groups excluding carboxylic acids is 1. The fourth-order valence-electron chi connectivity index (χ4n) is 8.51. The Morgan fingerprint density at radius 2 is 0.915 bits per heavy atom. The van der Waals surface area contributed by atoms with Gasteiger partial charge >= 0.3 is 5.97 Å². The SMILES string of the molecule is CC/C=C\C/C=C\C/C=C\C/C=C\CCCCCCC(=O)OC(COCCCCCCCCCCCC/C=C\CCCCCCCC)COC1OC(COC2OC(CO)C(O)C(O)C2O)C(O)C(O)C1O. The molecule has 0 saturated carbocycles. The predicted molar refractivity (Wildman–Crippen MR) is 279 cm³/mol. The van der Waals surface area contributed by atoms with Gasteiger partial charge in [0.05, 0.1) is 26.4 Å². The zero-order valence-corrected chi connectivity index (χ0v) is 43.9. The number of ether oxygens (including phenoxy) is 6. The summed E-state index contributed by atoms with van der Waals surface area (Å²) in [5.41, 5.74) is 0. The Balaban J connectivity index is 1.74. The van der Waals surface area contributed by atoms with E-state index in [1.165, 1.54) is 96.3 Å². The predicted octanol–water partition coefficient (Wildman–Crippen LogP) is 9.30. The lowest BCUT2D eigenvalue weighted by Crippen LogP contribution is -2.61. The van der Waals surface area contributed by atoms with Crippen LogP contribution in [0, 0.1) is 0 Å². The van der Waals surface area contributed by atoms with Crippen LogP contribution in [0.4, 0.5) is 0 Å². The van der Waals surface area contributed by atoms with Gasteiger partial charge in [-0.1, -0.05) is 171 Å². The third-order valence-electron chi connectivity index (χ3n) is 13.0. The minimum atomic E-state index is -1.71. The van der Waals surface area contributed by atoms with E-state index in [1.54, 1.807) is 0 Å². The smallest absolute Gasteiger partial charge is 0.306 e. The average molecular weight is 1010 g/mol. The van der Waals surface area contributed by atoms with Crippen molar-refractivity contribution in [1.82, 2.24) is 0 Å². The molecular weight excluding hydrogens is 909 g/mol. The molecule has 2 rings (SSSR count). The second kappa shape index (κ2) is 44.0. The van der Waals surface area contributed by atoms with Crippen molar-refractivity contribution in [2.24, 2.45) is 0 Å². The molecule has 0 aromatic heterocycles. The highest BCUT2D eigenvalue weighted by Gasteiger charge is 2.47. The van der Waals surface area contributed by atoms with E-state index in [0.717, 1.165) is 70.6 Å². The number of hydrogen-bond acceptors (Lipinski definition) is 14. The van der Waals surface area contributed by atoms with Crippen LogP contribution in [0.5, 0.6) is 0 Å². The molecule has 0 aliphatic carbocycles. The van der Waals surface area contributed by atoms with Crippen molar-refractivity contribution < 1.29 is 69.0 Å². The summed E-state index contributed by atoms with van der Waals surface area (Å²) in [7, 11) is 0. The number of rotatable bonds is 44. The molecule has 71 heavy (non-hydrogen) atoms. The Labute approximate surface area is 428 Å². The minimum Gasteiger partial charge on any atom is -0.457 e. The first-order valence-electron chi connectivity index (χ1n) is 27.9. The molecule has 2 aliphatic heterocycles. The molecule has 14 nitrogen and oxygen atoms in total. The van der Waals surface area contributed by atoms with Crippen LogP contribution < -0.4 is 0 Å². The molecule has 2 saturated heterocycles. The summed E-state index contributed by atoms with van der Waals surface area (Å²) in [6, 6.07) is 0. The maximum Gasteiger partial charge on any atom is 0.306 e. The molecule has 0 spiro atoms. The van der Waals surface area contributed by atoms with E-state index in [1.807, 2.05) is 0 Å². The molecular formula is C57H100O14. The monoisotopic (exact) mass is 1010 g/mol. The Morgan fingerprint density at radius 3 is 1.45 bits per heavy atom. The number of esters is 1. The quantitative estimate of drug-likeness (QED) is 0.0172. The van der Waals surface area contributed by atoms with E-state index in [0.29, 0.717) is 13.0 Å². The number of carbonyl (C=O) groups is 1. The maximum absolute atomic E-state index is 13.0. The van der Waals surface area contributed by atoms with E-state index < -0.39 is 86.7 Å². The minimum absolute atomic E-state index is 0.0488. The van der Waals surface area contributed by atoms with E-state index in [2.05, 4.69) is 74.6 Å². The van der Waals surface area contributed by atoms with Crippen molar-refractivity contribution in [2.75, 3.05) is 33.0 Å². The van der Waals surface area contributed by atoms with Crippen LogP contribution >= 0.6 is 0 Å². The molecule has 0 radical (unpaired) electrons. The van der Waals surface area contributed by atoms with Gasteiger partial charge in [-0.05, 0) is 77.0 Å². The number of allylic oxidation sites excluding steroid dienone is 10. The fourth-order valence-corrected chi connectivity index (χ4v) is 8.51. The van der Waals surface area contributed by atoms with Crippen molar-refractivity contribution in [3.8, 4) is 0 Å². The second-order valence-electron chi connectivity index (χ2n) is 19.4. The summed E-state index contributed by atoms with van der Waals surface area (Å²) in [5.74, 6) is -0.400. The first kappa shape index (κ1) is 64.8. The normalized spacial score (nSPS) is 25.8. The van der Waals surface area contributed by atoms with Crippen LogP contribution in [-0.4, -0.2) is 142 Å². The summed E-state index contributed by atoms with van der Waals surface area (Å²) >= 11 is 0. The topological polar surface area (TPSA) is 214 Å². The van der Waals surface area contributed by atoms with E-state index in [4.69, 9.17) is 28.4 Å². The Hall–Kier alpha value is -2.31. The van der Waals surface area contributed by atoms with Gasteiger partial charge in [0.15, 0.2) is 12.6 Å². The lowest BCUT2D eigenvalue weighted by molar-refractivity contribution is -0.332. The summed E-state index contributed by atoms with van der Waals surface area (Å²) in [4.78, 5) is 13.0. The molecule has 7 N–H and O–H groups in total. The summed E-state index contributed by atoms with van der Waals surface area (Å²) in [5, 5.41) is 72.3. The van der Waals surface area contributed by atoms with Gasteiger partial charge in [-0.15, -0.1) is 0 Å². The molecule has 11 atom stereocenters. The van der Waals surface area contributed by atoms with Gasteiger partial charge in [-0.3, -0.25) is 4.79 Å². The summed E-state index contributed by atoms with van der Waals surface area (Å²) < 4.78 is 34.3. The van der Waals surface area contributed by atoms with E-state index in [-0.39, 0.29) is 19.6 Å². The van der Waals surface area contributed by atoms with E-state index in [9.17, 15) is 40.5 Å².